The third kappa shape index (κ3) is 5.35. The molecule has 0 fully saturated rings. The van der Waals surface area contributed by atoms with Crippen LogP contribution in [0.2, 0.25) is 0 Å². The van der Waals surface area contributed by atoms with Gasteiger partial charge in [-0.25, -0.2) is 4.98 Å². The van der Waals surface area contributed by atoms with Gasteiger partial charge in [-0.15, -0.1) is 11.6 Å². The van der Waals surface area contributed by atoms with Crippen molar-refractivity contribution in [3.63, 3.8) is 0 Å². The molecule has 0 bridgehead atoms. The Morgan fingerprint density at radius 3 is 2.39 bits per heavy atom. The number of methoxy groups -OCH3 is 1. The molecule has 0 N–H and O–H groups in total. The standard InChI is InChI=1S/C29H30ClN3O3/c1-20-14-16-23(17-15-20)33-27(31-25-13-8-7-12-24(25)28(33)34)21(2)32(18-9-19-36-3)29(35)26(30)22-10-5-4-6-11-22/h4-8,10-17,21,26H,9,18-19H2,1-3H3. The molecule has 1 heterocycles. The molecule has 4 rings (SSSR count). The van der Waals surface area contributed by atoms with Gasteiger partial charge in [0.15, 0.2) is 0 Å². The number of alkyl halides is 1. The van der Waals surface area contributed by atoms with Crippen LogP contribution in [0.1, 0.15) is 41.7 Å². The molecule has 0 radical (unpaired) electrons. The number of amides is 1. The van der Waals surface area contributed by atoms with Gasteiger partial charge in [0.25, 0.3) is 5.56 Å². The molecular formula is C29H30ClN3O3. The van der Waals surface area contributed by atoms with E-state index in [0.29, 0.717) is 42.0 Å². The van der Waals surface area contributed by atoms with Crippen LogP contribution in [0.25, 0.3) is 16.6 Å². The van der Waals surface area contributed by atoms with Gasteiger partial charge in [0, 0.05) is 20.3 Å². The van der Waals surface area contributed by atoms with Gasteiger partial charge in [-0.05, 0) is 50.1 Å². The Kier molecular flexibility index (Phi) is 8.18. The van der Waals surface area contributed by atoms with E-state index >= 15 is 0 Å². The van der Waals surface area contributed by atoms with Crippen molar-refractivity contribution >= 4 is 28.4 Å². The van der Waals surface area contributed by atoms with Crippen molar-refractivity contribution in [2.75, 3.05) is 20.3 Å². The van der Waals surface area contributed by atoms with Gasteiger partial charge in [-0.1, -0.05) is 60.2 Å². The Hall–Kier alpha value is -3.48. The molecule has 0 aliphatic heterocycles. The third-order valence-electron chi connectivity index (χ3n) is 6.27. The number of carbonyl (C=O) groups excluding carboxylic acids is 1. The summed E-state index contributed by atoms with van der Waals surface area (Å²) in [6, 6.07) is 23.7. The molecule has 0 saturated carbocycles. The molecule has 2 atom stereocenters. The molecule has 1 aromatic heterocycles. The molecule has 0 aliphatic carbocycles. The lowest BCUT2D eigenvalue weighted by molar-refractivity contribution is -0.133. The lowest BCUT2D eigenvalue weighted by Crippen LogP contribution is -2.40. The van der Waals surface area contributed by atoms with Crippen LogP contribution in [0.15, 0.2) is 83.7 Å². The highest BCUT2D eigenvalue weighted by molar-refractivity contribution is 6.30. The van der Waals surface area contributed by atoms with E-state index < -0.39 is 11.4 Å². The summed E-state index contributed by atoms with van der Waals surface area (Å²) in [6.07, 6.45) is 0.618. The number of aromatic nitrogens is 2. The van der Waals surface area contributed by atoms with Crippen LogP contribution in [-0.2, 0) is 9.53 Å². The highest BCUT2D eigenvalue weighted by atomic mass is 35.5. The third-order valence-corrected chi connectivity index (χ3v) is 6.71. The summed E-state index contributed by atoms with van der Waals surface area (Å²) in [5.74, 6) is 0.231. The molecule has 0 spiro atoms. The lowest BCUT2D eigenvalue weighted by Gasteiger charge is -2.32. The van der Waals surface area contributed by atoms with Gasteiger partial charge in [-0.3, -0.25) is 14.2 Å². The zero-order chi connectivity index (χ0) is 25.7. The van der Waals surface area contributed by atoms with Crippen LogP contribution in [0.3, 0.4) is 0 Å². The summed E-state index contributed by atoms with van der Waals surface area (Å²) < 4.78 is 6.85. The predicted octanol–water partition coefficient (Wildman–Crippen LogP) is 5.60. The maximum atomic E-state index is 13.7. The van der Waals surface area contributed by atoms with Crippen molar-refractivity contribution in [3.05, 3.63) is 106 Å². The zero-order valence-electron chi connectivity index (χ0n) is 20.7. The summed E-state index contributed by atoms with van der Waals surface area (Å²) in [4.78, 5) is 34.0. The first-order valence-electron chi connectivity index (χ1n) is 12.0. The summed E-state index contributed by atoms with van der Waals surface area (Å²) in [7, 11) is 1.63. The molecule has 2 unspecified atom stereocenters. The van der Waals surface area contributed by atoms with E-state index in [1.165, 1.54) is 0 Å². The molecule has 7 heteroatoms. The summed E-state index contributed by atoms with van der Waals surface area (Å²) in [5.41, 5.74) is 2.90. The Morgan fingerprint density at radius 1 is 1.03 bits per heavy atom. The monoisotopic (exact) mass is 503 g/mol. The smallest absolute Gasteiger partial charge is 0.266 e. The second-order valence-electron chi connectivity index (χ2n) is 8.79. The minimum Gasteiger partial charge on any atom is -0.385 e. The van der Waals surface area contributed by atoms with Crippen LogP contribution < -0.4 is 5.56 Å². The van der Waals surface area contributed by atoms with Gasteiger partial charge in [-0.2, -0.15) is 0 Å². The first-order valence-corrected chi connectivity index (χ1v) is 12.4. The van der Waals surface area contributed by atoms with Crippen LogP contribution in [0.4, 0.5) is 0 Å². The fourth-order valence-electron chi connectivity index (χ4n) is 4.30. The van der Waals surface area contributed by atoms with Crippen LogP contribution in [0, 0.1) is 6.92 Å². The number of hydrogen-bond donors (Lipinski definition) is 0. The van der Waals surface area contributed by atoms with E-state index in [1.54, 1.807) is 22.6 Å². The second-order valence-corrected chi connectivity index (χ2v) is 9.23. The molecule has 186 valence electrons. The van der Waals surface area contributed by atoms with Gasteiger partial charge in [0.05, 0.1) is 22.6 Å². The molecule has 36 heavy (non-hydrogen) atoms. The van der Waals surface area contributed by atoms with Crippen LogP contribution in [0.5, 0.6) is 0 Å². The molecule has 0 saturated heterocycles. The van der Waals surface area contributed by atoms with Crippen molar-refractivity contribution in [1.82, 2.24) is 14.5 Å². The van der Waals surface area contributed by atoms with E-state index in [1.807, 2.05) is 86.6 Å². The summed E-state index contributed by atoms with van der Waals surface area (Å²) in [5, 5.41) is -0.345. The van der Waals surface area contributed by atoms with Crippen molar-refractivity contribution in [3.8, 4) is 5.69 Å². The van der Waals surface area contributed by atoms with Crippen molar-refractivity contribution in [1.29, 1.82) is 0 Å². The number of hydrogen-bond acceptors (Lipinski definition) is 4. The topological polar surface area (TPSA) is 64.4 Å². The molecule has 3 aromatic carbocycles. The summed E-state index contributed by atoms with van der Waals surface area (Å²) >= 11 is 6.68. The number of fused-ring (bicyclic) bond motifs is 1. The van der Waals surface area contributed by atoms with Gasteiger partial charge in [0.2, 0.25) is 5.91 Å². The van der Waals surface area contributed by atoms with E-state index in [9.17, 15) is 9.59 Å². The number of halogens is 1. The number of carbonyl (C=O) groups is 1. The normalized spacial score (nSPS) is 12.9. The fraction of sp³-hybridized carbons (Fsp3) is 0.276. The lowest BCUT2D eigenvalue weighted by atomic mass is 10.1. The first kappa shape index (κ1) is 25.6. The van der Waals surface area contributed by atoms with Crippen LogP contribution >= 0.6 is 11.6 Å². The Labute approximate surface area is 216 Å². The van der Waals surface area contributed by atoms with E-state index in [-0.39, 0.29) is 11.5 Å². The SMILES string of the molecule is COCCCN(C(=O)C(Cl)c1ccccc1)C(C)c1nc2ccccc2c(=O)n1-c1ccc(C)cc1. The average Bonchev–Trinajstić information content (AvgIpc) is 2.91. The molecule has 4 aromatic rings. The molecular weight excluding hydrogens is 474 g/mol. The maximum Gasteiger partial charge on any atom is 0.266 e. The molecule has 0 aliphatic rings. The second kappa shape index (κ2) is 11.5. The Bertz CT molecular complexity index is 1390. The highest BCUT2D eigenvalue weighted by Gasteiger charge is 2.31. The number of aryl methyl sites for hydroxylation is 1. The van der Waals surface area contributed by atoms with Crippen molar-refractivity contribution in [2.45, 2.75) is 31.7 Å². The van der Waals surface area contributed by atoms with E-state index in [0.717, 1.165) is 11.1 Å². The number of ether oxygens (including phenoxy) is 1. The van der Waals surface area contributed by atoms with E-state index in [4.69, 9.17) is 21.3 Å². The Balaban J connectivity index is 1.84. The summed E-state index contributed by atoms with van der Waals surface area (Å²) in [6.45, 7) is 4.78. The average molecular weight is 504 g/mol. The minimum atomic E-state index is -0.865. The number of para-hydroxylation sites is 1. The largest absolute Gasteiger partial charge is 0.385 e. The number of rotatable bonds is 9. The highest BCUT2D eigenvalue weighted by Crippen LogP contribution is 2.29. The van der Waals surface area contributed by atoms with Crippen molar-refractivity contribution in [2.24, 2.45) is 0 Å². The number of benzene rings is 3. The van der Waals surface area contributed by atoms with Crippen molar-refractivity contribution < 1.29 is 9.53 Å². The molecule has 1 amide bonds. The van der Waals surface area contributed by atoms with Gasteiger partial charge < -0.3 is 9.64 Å². The maximum absolute atomic E-state index is 13.7. The Morgan fingerprint density at radius 2 is 1.69 bits per heavy atom. The quantitative estimate of drug-likeness (QED) is 0.220. The van der Waals surface area contributed by atoms with E-state index in [2.05, 4.69) is 0 Å². The predicted molar refractivity (Wildman–Crippen MR) is 144 cm³/mol. The molecule has 6 nitrogen and oxygen atoms in total. The van der Waals surface area contributed by atoms with Gasteiger partial charge in [0.1, 0.15) is 11.2 Å². The first-order chi connectivity index (χ1) is 17.4. The van der Waals surface area contributed by atoms with Crippen LogP contribution in [-0.4, -0.2) is 40.6 Å². The fourth-order valence-corrected chi connectivity index (χ4v) is 4.57. The van der Waals surface area contributed by atoms with Gasteiger partial charge >= 0.3 is 0 Å². The zero-order valence-corrected chi connectivity index (χ0v) is 21.5. The number of nitrogens with zero attached hydrogens (tertiary/aromatic N) is 3. The minimum absolute atomic E-state index is 0.180.